The van der Waals surface area contributed by atoms with Gasteiger partial charge in [0.25, 0.3) is 14.2 Å². The van der Waals surface area contributed by atoms with Crippen molar-refractivity contribution in [2.75, 3.05) is 12.4 Å². The molecule has 174 valence electrons. The minimum Gasteiger partial charge on any atom is -0.465 e. The topological polar surface area (TPSA) is 64.6 Å². The number of carbonyl (C=O) groups excluding carboxylic acids is 2. The average Bonchev–Trinajstić information content (AvgIpc) is 3.16. The molecule has 1 unspecified atom stereocenters. The maximum Gasteiger partial charge on any atom is 0.340 e. The molecule has 3 rings (SSSR count). The summed E-state index contributed by atoms with van der Waals surface area (Å²) in [6.07, 6.45) is -0.746. The molecule has 0 aliphatic heterocycles. The predicted molar refractivity (Wildman–Crippen MR) is 137 cm³/mol. The largest absolute Gasteiger partial charge is 0.465 e. The predicted octanol–water partition coefficient (Wildman–Crippen LogP) is 4.75. The number of carbonyl (C=O) groups is 2. The van der Waals surface area contributed by atoms with Gasteiger partial charge >= 0.3 is 5.97 Å². The first-order chi connectivity index (χ1) is 15.6. The summed E-state index contributed by atoms with van der Waals surface area (Å²) in [5.74, 6) is -0.773. The van der Waals surface area contributed by atoms with Crippen LogP contribution in [0.2, 0.25) is 5.04 Å². The van der Waals surface area contributed by atoms with Crippen LogP contribution >= 0.6 is 11.3 Å². The van der Waals surface area contributed by atoms with E-state index in [2.05, 4.69) is 50.4 Å². The summed E-state index contributed by atoms with van der Waals surface area (Å²) >= 11 is 1.34. The second-order valence-corrected chi connectivity index (χ2v) is 14.5. The van der Waals surface area contributed by atoms with Crippen LogP contribution in [0.4, 0.5) is 5.00 Å². The van der Waals surface area contributed by atoms with Crippen LogP contribution in [0, 0.1) is 6.92 Å². The van der Waals surface area contributed by atoms with Crippen LogP contribution in [0.15, 0.2) is 66.7 Å². The highest BCUT2D eigenvalue weighted by Crippen LogP contribution is 2.38. The molecule has 0 spiro atoms. The number of nitrogens with one attached hydrogen (secondary N) is 1. The molecule has 1 N–H and O–H groups in total. The van der Waals surface area contributed by atoms with Crippen molar-refractivity contribution in [3.63, 3.8) is 0 Å². The summed E-state index contributed by atoms with van der Waals surface area (Å²) in [5, 5.41) is 5.33. The van der Waals surface area contributed by atoms with Gasteiger partial charge < -0.3 is 14.5 Å². The second kappa shape index (κ2) is 10.0. The van der Waals surface area contributed by atoms with Gasteiger partial charge in [0.2, 0.25) is 0 Å². The smallest absolute Gasteiger partial charge is 0.340 e. The number of amides is 1. The number of hydrogen-bond acceptors (Lipinski definition) is 5. The zero-order chi connectivity index (χ0) is 24.2. The molecule has 1 heterocycles. The molecule has 3 aromatic rings. The Hall–Kier alpha value is -2.74. The number of methoxy groups -OCH3 is 1. The quantitative estimate of drug-likeness (QED) is 0.391. The van der Waals surface area contributed by atoms with E-state index in [1.54, 1.807) is 13.0 Å². The van der Waals surface area contributed by atoms with Gasteiger partial charge in [-0.05, 0) is 35.3 Å². The molecular formula is C26H31NO4SSi. The van der Waals surface area contributed by atoms with E-state index in [1.807, 2.05) is 43.3 Å². The maximum atomic E-state index is 13.3. The fourth-order valence-corrected chi connectivity index (χ4v) is 9.65. The first kappa shape index (κ1) is 24.9. The molecule has 0 aliphatic carbocycles. The zero-order valence-corrected chi connectivity index (χ0v) is 21.8. The van der Waals surface area contributed by atoms with Crippen molar-refractivity contribution in [3.05, 3.63) is 77.2 Å². The van der Waals surface area contributed by atoms with Crippen LogP contribution in [0.3, 0.4) is 0 Å². The lowest BCUT2D eigenvalue weighted by Crippen LogP contribution is -2.68. The summed E-state index contributed by atoms with van der Waals surface area (Å²) < 4.78 is 11.7. The van der Waals surface area contributed by atoms with Crippen LogP contribution in [0.25, 0.3) is 0 Å². The van der Waals surface area contributed by atoms with Crippen molar-refractivity contribution in [3.8, 4) is 0 Å². The van der Waals surface area contributed by atoms with E-state index in [1.165, 1.54) is 18.4 Å². The van der Waals surface area contributed by atoms with E-state index in [0.29, 0.717) is 10.6 Å². The normalized spacial score (nSPS) is 12.8. The number of aryl methyl sites for hydroxylation is 1. The summed E-state index contributed by atoms with van der Waals surface area (Å²) in [4.78, 5) is 26.3. The van der Waals surface area contributed by atoms with Gasteiger partial charge in [-0.15, -0.1) is 11.3 Å². The number of rotatable bonds is 7. The Morgan fingerprint density at radius 1 is 0.970 bits per heavy atom. The van der Waals surface area contributed by atoms with E-state index < -0.39 is 20.4 Å². The van der Waals surface area contributed by atoms with Crippen molar-refractivity contribution in [1.29, 1.82) is 0 Å². The van der Waals surface area contributed by atoms with Crippen LogP contribution in [0.1, 0.15) is 42.9 Å². The maximum absolute atomic E-state index is 13.3. The highest BCUT2D eigenvalue weighted by atomic mass is 32.1. The van der Waals surface area contributed by atoms with E-state index in [-0.39, 0.29) is 10.9 Å². The van der Waals surface area contributed by atoms with E-state index in [0.717, 1.165) is 15.3 Å². The third-order valence-electron chi connectivity index (χ3n) is 5.64. The lowest BCUT2D eigenvalue weighted by atomic mass is 10.2. The molecule has 0 radical (unpaired) electrons. The summed E-state index contributed by atoms with van der Waals surface area (Å²) in [6.45, 7) is 10.2. The Bertz CT molecular complexity index is 1070. The third-order valence-corrected chi connectivity index (χ3v) is 11.7. The zero-order valence-electron chi connectivity index (χ0n) is 20.0. The molecule has 1 amide bonds. The molecule has 0 aliphatic rings. The summed E-state index contributed by atoms with van der Waals surface area (Å²) in [7, 11) is -1.55. The first-order valence-electron chi connectivity index (χ1n) is 10.9. The van der Waals surface area contributed by atoms with E-state index >= 15 is 0 Å². The number of anilines is 1. The first-order valence-corrected chi connectivity index (χ1v) is 13.6. The van der Waals surface area contributed by atoms with Gasteiger partial charge in [-0.3, -0.25) is 4.79 Å². The Morgan fingerprint density at radius 2 is 1.48 bits per heavy atom. The minimum atomic E-state index is -2.88. The van der Waals surface area contributed by atoms with Crippen LogP contribution in [-0.4, -0.2) is 33.4 Å². The number of thiophene rings is 1. The Labute approximate surface area is 200 Å². The molecule has 33 heavy (non-hydrogen) atoms. The van der Waals surface area contributed by atoms with Crippen molar-refractivity contribution in [2.45, 2.75) is 45.8 Å². The highest BCUT2D eigenvalue weighted by molar-refractivity contribution is 7.16. The average molecular weight is 482 g/mol. The number of benzene rings is 2. The molecule has 2 aromatic carbocycles. The standard InChI is InChI=1S/C26H31NO4SSi/c1-18-17-22(25(29)30-6)24(32-18)27-23(28)19(2)31-33(26(3,4)5,20-13-9-7-10-14-20)21-15-11-8-12-16-21/h7-17,19H,1-6H3,(H,27,28). The number of hydrogen-bond donors (Lipinski definition) is 1. The van der Waals surface area contributed by atoms with Crippen molar-refractivity contribution >= 4 is 46.9 Å². The van der Waals surface area contributed by atoms with Gasteiger partial charge in [0.1, 0.15) is 11.1 Å². The lowest BCUT2D eigenvalue weighted by molar-refractivity contribution is -0.122. The van der Waals surface area contributed by atoms with Gasteiger partial charge in [-0.25, -0.2) is 4.79 Å². The van der Waals surface area contributed by atoms with Crippen LogP contribution in [-0.2, 0) is 14.0 Å². The molecule has 0 saturated carbocycles. The van der Waals surface area contributed by atoms with E-state index in [4.69, 9.17) is 9.16 Å². The molecule has 1 atom stereocenters. The monoisotopic (exact) mass is 481 g/mol. The molecule has 0 fully saturated rings. The van der Waals surface area contributed by atoms with Gasteiger partial charge in [-0.2, -0.15) is 0 Å². The van der Waals surface area contributed by atoms with Crippen LogP contribution in [0.5, 0.6) is 0 Å². The van der Waals surface area contributed by atoms with Crippen molar-refractivity contribution < 1.29 is 18.8 Å². The fraction of sp³-hybridized carbons (Fsp3) is 0.308. The van der Waals surface area contributed by atoms with Crippen LogP contribution < -0.4 is 15.7 Å². The molecule has 1 aromatic heterocycles. The Morgan fingerprint density at radius 3 is 1.94 bits per heavy atom. The van der Waals surface area contributed by atoms with Crippen molar-refractivity contribution in [1.82, 2.24) is 0 Å². The molecule has 0 saturated heterocycles. The lowest BCUT2D eigenvalue weighted by Gasteiger charge is -2.44. The molecule has 5 nitrogen and oxygen atoms in total. The molecule has 0 bridgehead atoms. The molecule has 7 heteroatoms. The van der Waals surface area contributed by atoms with Gasteiger partial charge in [0.15, 0.2) is 0 Å². The molecular weight excluding hydrogens is 450 g/mol. The highest BCUT2D eigenvalue weighted by Gasteiger charge is 2.51. The van der Waals surface area contributed by atoms with Gasteiger partial charge in [0, 0.05) is 4.88 Å². The minimum absolute atomic E-state index is 0.249. The Balaban J connectivity index is 2.00. The SMILES string of the molecule is COC(=O)c1cc(C)sc1NC(=O)C(C)O[Si](c1ccccc1)(c1ccccc1)C(C)(C)C. The number of ether oxygens (including phenoxy) is 1. The van der Waals surface area contributed by atoms with E-state index in [9.17, 15) is 9.59 Å². The second-order valence-electron chi connectivity index (χ2n) is 9.00. The third kappa shape index (κ3) is 5.10. The summed E-state index contributed by atoms with van der Waals surface area (Å²) in [5.41, 5.74) is 0.353. The van der Waals surface area contributed by atoms with Gasteiger partial charge in [0.05, 0.1) is 12.7 Å². The number of esters is 1. The van der Waals surface area contributed by atoms with Gasteiger partial charge in [-0.1, -0.05) is 81.4 Å². The summed E-state index contributed by atoms with van der Waals surface area (Å²) in [6, 6.07) is 22.1. The van der Waals surface area contributed by atoms with Crippen molar-refractivity contribution in [2.24, 2.45) is 0 Å². The fourth-order valence-electron chi connectivity index (χ4n) is 4.09. The Kier molecular flexibility index (Phi) is 7.57.